The zero-order chi connectivity index (χ0) is 21.3. The van der Waals surface area contributed by atoms with Gasteiger partial charge in [-0.05, 0) is 44.0 Å². The quantitative estimate of drug-likeness (QED) is 0.646. The van der Waals surface area contributed by atoms with Gasteiger partial charge in [-0.2, -0.15) is 0 Å². The Morgan fingerprint density at radius 2 is 2.10 bits per heavy atom. The monoisotopic (exact) mass is 409 g/mol. The largest absolute Gasteiger partial charge is 0.476 e. The molecule has 0 saturated heterocycles. The maximum absolute atomic E-state index is 13.0. The molecule has 0 unspecified atom stereocenters. The summed E-state index contributed by atoms with van der Waals surface area (Å²) in [5.41, 5.74) is 3.99. The van der Waals surface area contributed by atoms with Crippen LogP contribution in [0.15, 0.2) is 41.3 Å². The summed E-state index contributed by atoms with van der Waals surface area (Å²) in [7, 11) is 1.60. The highest BCUT2D eigenvalue weighted by atomic mass is 19.1. The molecule has 1 aliphatic rings. The van der Waals surface area contributed by atoms with Crippen molar-refractivity contribution < 1.29 is 9.13 Å². The maximum atomic E-state index is 13.0. The average Bonchev–Trinajstić information content (AvgIpc) is 3.49. The molecule has 3 aromatic rings. The predicted molar refractivity (Wildman–Crippen MR) is 111 cm³/mol. The Morgan fingerprint density at radius 3 is 2.83 bits per heavy atom. The van der Waals surface area contributed by atoms with Crippen LogP contribution < -0.4 is 15.6 Å². The smallest absolute Gasteiger partial charge is 0.290 e. The minimum Gasteiger partial charge on any atom is -0.476 e. The van der Waals surface area contributed by atoms with Gasteiger partial charge < -0.3 is 10.1 Å². The lowest BCUT2D eigenvalue weighted by Crippen LogP contribution is -2.24. The van der Waals surface area contributed by atoms with Gasteiger partial charge in [0.15, 0.2) is 0 Å². The average molecular weight is 409 g/mol. The summed E-state index contributed by atoms with van der Waals surface area (Å²) in [6.07, 6.45) is 2.18. The lowest BCUT2D eigenvalue weighted by molar-refractivity contribution is 0.278. The standard InChI is InChI=1S/C22H24FN5O2/c1-13-4-5-15(14(2)26-13)10-24-20-9-21(27-28(3)22(20)29)30-12-16-8-18(16)19-7-6-17(23)11-25-19/h4-7,9,11,16,18,24H,8,10,12H2,1-3H3/t16-,18+/m1/s1. The lowest BCUT2D eigenvalue weighted by atomic mass is 10.2. The summed E-state index contributed by atoms with van der Waals surface area (Å²) in [6.45, 7) is 4.85. The van der Waals surface area contributed by atoms with Crippen LogP contribution in [0.1, 0.15) is 35.0 Å². The van der Waals surface area contributed by atoms with Crippen LogP contribution in [-0.4, -0.2) is 26.4 Å². The van der Waals surface area contributed by atoms with Crippen LogP contribution in [0.2, 0.25) is 0 Å². The minimum atomic E-state index is -0.335. The van der Waals surface area contributed by atoms with E-state index in [9.17, 15) is 9.18 Å². The molecule has 0 spiro atoms. The Kier molecular flexibility index (Phi) is 5.48. The molecule has 3 aromatic heterocycles. The van der Waals surface area contributed by atoms with Crippen molar-refractivity contribution in [1.82, 2.24) is 19.7 Å². The Hall–Kier alpha value is -3.29. The zero-order valence-corrected chi connectivity index (χ0v) is 17.2. The topological polar surface area (TPSA) is 81.9 Å². The van der Waals surface area contributed by atoms with Crippen LogP contribution in [-0.2, 0) is 13.6 Å². The molecule has 1 aliphatic carbocycles. The van der Waals surface area contributed by atoms with Crippen LogP contribution in [0.4, 0.5) is 10.1 Å². The molecule has 0 radical (unpaired) electrons. The molecule has 2 atom stereocenters. The van der Waals surface area contributed by atoms with Crippen molar-refractivity contribution >= 4 is 5.69 Å². The number of hydrogen-bond donors (Lipinski definition) is 1. The molecule has 156 valence electrons. The number of nitrogens with one attached hydrogen (secondary N) is 1. The number of halogens is 1. The van der Waals surface area contributed by atoms with Crippen molar-refractivity contribution in [2.75, 3.05) is 11.9 Å². The van der Waals surface area contributed by atoms with Gasteiger partial charge in [0.1, 0.15) is 11.5 Å². The number of ether oxygens (including phenoxy) is 1. The number of hydrogen-bond acceptors (Lipinski definition) is 6. The van der Waals surface area contributed by atoms with Gasteiger partial charge in [-0.25, -0.2) is 9.07 Å². The lowest BCUT2D eigenvalue weighted by Gasteiger charge is -2.12. The number of aromatic nitrogens is 4. The third-order valence-corrected chi connectivity index (χ3v) is 5.34. The van der Waals surface area contributed by atoms with E-state index in [0.29, 0.717) is 30.6 Å². The summed E-state index contributed by atoms with van der Waals surface area (Å²) in [6, 6.07) is 8.73. The second kappa shape index (κ2) is 8.22. The van der Waals surface area contributed by atoms with E-state index in [0.717, 1.165) is 29.1 Å². The molecule has 1 saturated carbocycles. The number of anilines is 1. The molecule has 4 rings (SSSR count). The summed E-state index contributed by atoms with van der Waals surface area (Å²) in [5.74, 6) is 0.627. The Morgan fingerprint density at radius 1 is 1.27 bits per heavy atom. The third kappa shape index (κ3) is 4.48. The molecule has 8 heteroatoms. The number of aryl methyl sites for hydroxylation is 3. The van der Waals surface area contributed by atoms with Crippen LogP contribution in [0.5, 0.6) is 5.88 Å². The fourth-order valence-electron chi connectivity index (χ4n) is 3.46. The summed E-state index contributed by atoms with van der Waals surface area (Å²) in [4.78, 5) is 21.0. The molecule has 1 N–H and O–H groups in total. The van der Waals surface area contributed by atoms with E-state index in [1.165, 1.54) is 16.9 Å². The van der Waals surface area contributed by atoms with E-state index in [4.69, 9.17) is 4.74 Å². The highest BCUT2D eigenvalue weighted by molar-refractivity contribution is 5.44. The normalized spacial score (nSPS) is 17.6. The fraction of sp³-hybridized carbons (Fsp3) is 0.364. The van der Waals surface area contributed by atoms with E-state index in [1.807, 2.05) is 26.0 Å². The number of nitrogens with zero attached hydrogens (tertiary/aromatic N) is 4. The molecule has 7 nitrogen and oxygen atoms in total. The van der Waals surface area contributed by atoms with Crippen LogP contribution in [0.3, 0.4) is 0 Å². The van der Waals surface area contributed by atoms with Gasteiger partial charge in [-0.15, -0.1) is 5.10 Å². The predicted octanol–water partition coefficient (Wildman–Crippen LogP) is 3.12. The molecular formula is C22H24FN5O2. The molecule has 3 heterocycles. The second-order valence-corrected chi connectivity index (χ2v) is 7.69. The van der Waals surface area contributed by atoms with E-state index >= 15 is 0 Å². The van der Waals surface area contributed by atoms with Gasteiger partial charge in [0.2, 0.25) is 5.88 Å². The first-order valence-corrected chi connectivity index (χ1v) is 9.90. The Balaban J connectivity index is 1.39. The molecule has 30 heavy (non-hydrogen) atoms. The summed E-state index contributed by atoms with van der Waals surface area (Å²) in [5, 5.41) is 7.37. The molecule has 1 fully saturated rings. The Bertz CT molecular complexity index is 1110. The van der Waals surface area contributed by atoms with E-state index in [-0.39, 0.29) is 17.3 Å². The first-order valence-electron chi connectivity index (χ1n) is 9.90. The zero-order valence-electron chi connectivity index (χ0n) is 17.2. The summed E-state index contributed by atoms with van der Waals surface area (Å²) >= 11 is 0. The first-order chi connectivity index (χ1) is 14.4. The minimum absolute atomic E-state index is 0.222. The maximum Gasteiger partial charge on any atom is 0.290 e. The van der Waals surface area contributed by atoms with Crippen molar-refractivity contribution in [2.45, 2.75) is 32.7 Å². The number of rotatable bonds is 7. The summed E-state index contributed by atoms with van der Waals surface area (Å²) < 4.78 is 20.1. The molecule has 0 aromatic carbocycles. The molecule has 0 amide bonds. The van der Waals surface area contributed by atoms with Crippen LogP contribution in [0.25, 0.3) is 0 Å². The van der Waals surface area contributed by atoms with E-state index in [1.54, 1.807) is 19.2 Å². The van der Waals surface area contributed by atoms with E-state index < -0.39 is 0 Å². The van der Waals surface area contributed by atoms with Crippen molar-refractivity contribution in [3.63, 3.8) is 0 Å². The van der Waals surface area contributed by atoms with Gasteiger partial charge in [0.25, 0.3) is 5.56 Å². The fourth-order valence-corrected chi connectivity index (χ4v) is 3.46. The van der Waals surface area contributed by atoms with Gasteiger partial charge in [0, 0.05) is 48.6 Å². The SMILES string of the molecule is Cc1ccc(CNc2cc(OC[C@H]3C[C@@H]3c3ccc(F)cn3)nn(C)c2=O)c(C)n1. The molecular weight excluding hydrogens is 385 g/mol. The van der Waals surface area contributed by atoms with Crippen molar-refractivity contribution in [3.05, 3.63) is 75.3 Å². The molecule has 0 aliphatic heterocycles. The molecule has 0 bridgehead atoms. The second-order valence-electron chi connectivity index (χ2n) is 7.69. The van der Waals surface area contributed by atoms with Gasteiger partial charge in [-0.3, -0.25) is 14.8 Å². The van der Waals surface area contributed by atoms with Gasteiger partial charge >= 0.3 is 0 Å². The van der Waals surface area contributed by atoms with Crippen molar-refractivity contribution in [3.8, 4) is 5.88 Å². The van der Waals surface area contributed by atoms with Gasteiger partial charge in [-0.1, -0.05) is 6.07 Å². The third-order valence-electron chi connectivity index (χ3n) is 5.34. The number of pyridine rings is 2. The Labute approximate surface area is 174 Å². The highest BCUT2D eigenvalue weighted by Gasteiger charge is 2.40. The van der Waals surface area contributed by atoms with Gasteiger partial charge in [0.05, 0.1) is 12.8 Å². The van der Waals surface area contributed by atoms with Crippen molar-refractivity contribution in [2.24, 2.45) is 13.0 Å². The first kappa shape index (κ1) is 20.0. The highest BCUT2D eigenvalue weighted by Crippen LogP contribution is 2.46. The van der Waals surface area contributed by atoms with Crippen LogP contribution in [0, 0.1) is 25.6 Å². The van der Waals surface area contributed by atoms with Crippen LogP contribution >= 0.6 is 0 Å². The van der Waals surface area contributed by atoms with Crippen molar-refractivity contribution in [1.29, 1.82) is 0 Å². The van der Waals surface area contributed by atoms with E-state index in [2.05, 4.69) is 20.4 Å².